The van der Waals surface area contributed by atoms with E-state index in [1.807, 2.05) is 19.1 Å². The molecule has 3 nitrogen and oxygen atoms in total. The Balaban J connectivity index is 2.08. The molecule has 18 heavy (non-hydrogen) atoms. The quantitative estimate of drug-likeness (QED) is 0.921. The van der Waals surface area contributed by atoms with E-state index in [4.69, 9.17) is 11.6 Å². The maximum atomic E-state index is 12.0. The predicted molar refractivity (Wildman–Crippen MR) is 71.6 cm³/mol. The highest BCUT2D eigenvalue weighted by Crippen LogP contribution is 2.14. The van der Waals surface area contributed by atoms with E-state index in [1.54, 1.807) is 36.7 Å². The fraction of sp³-hybridized carbons (Fsp3) is 0.143. The number of hydrogen-bond donors (Lipinski definition) is 1. The summed E-state index contributed by atoms with van der Waals surface area (Å²) in [5, 5.41) is 3.47. The fourth-order valence-electron chi connectivity index (χ4n) is 1.65. The first kappa shape index (κ1) is 12.6. The molecule has 0 radical (unpaired) electrons. The Labute approximate surface area is 111 Å². The second-order valence-electron chi connectivity index (χ2n) is 3.99. The van der Waals surface area contributed by atoms with Crippen molar-refractivity contribution in [2.45, 2.75) is 13.0 Å². The highest BCUT2D eigenvalue weighted by Gasteiger charge is 2.11. The van der Waals surface area contributed by atoms with Crippen molar-refractivity contribution in [1.82, 2.24) is 10.3 Å². The number of benzene rings is 1. The molecule has 0 spiro atoms. The Hall–Kier alpha value is -1.87. The van der Waals surface area contributed by atoms with Crippen molar-refractivity contribution in [2.75, 3.05) is 0 Å². The molecule has 1 atom stereocenters. The second kappa shape index (κ2) is 5.65. The van der Waals surface area contributed by atoms with Gasteiger partial charge in [0.2, 0.25) is 0 Å². The van der Waals surface area contributed by atoms with Crippen LogP contribution in [-0.4, -0.2) is 10.9 Å². The summed E-state index contributed by atoms with van der Waals surface area (Å²) in [4.78, 5) is 15.9. The molecule has 0 bridgehead atoms. The number of rotatable bonds is 3. The van der Waals surface area contributed by atoms with Crippen LogP contribution in [0.4, 0.5) is 0 Å². The maximum Gasteiger partial charge on any atom is 0.251 e. The largest absolute Gasteiger partial charge is 0.346 e. The Morgan fingerprint density at radius 1 is 1.28 bits per heavy atom. The van der Waals surface area contributed by atoms with Crippen LogP contribution in [0.1, 0.15) is 28.9 Å². The van der Waals surface area contributed by atoms with Gasteiger partial charge in [-0.2, -0.15) is 0 Å². The SMILES string of the molecule is C[C@@H](NC(=O)c1cccc(Cl)c1)c1ccncc1. The number of nitrogens with zero attached hydrogens (tertiary/aromatic N) is 1. The highest BCUT2D eigenvalue weighted by atomic mass is 35.5. The van der Waals surface area contributed by atoms with Crippen molar-refractivity contribution < 1.29 is 4.79 Å². The molecule has 1 heterocycles. The number of amides is 1. The summed E-state index contributed by atoms with van der Waals surface area (Å²) in [5.74, 6) is -0.137. The molecule has 0 aliphatic carbocycles. The summed E-state index contributed by atoms with van der Waals surface area (Å²) in [7, 11) is 0. The van der Waals surface area contributed by atoms with Gasteiger partial charge >= 0.3 is 0 Å². The summed E-state index contributed by atoms with van der Waals surface area (Å²) >= 11 is 5.85. The van der Waals surface area contributed by atoms with Crippen molar-refractivity contribution in [2.24, 2.45) is 0 Å². The molecular weight excluding hydrogens is 248 g/mol. The van der Waals surface area contributed by atoms with Gasteiger partial charge in [0, 0.05) is 23.0 Å². The van der Waals surface area contributed by atoms with Crippen LogP contribution in [0.2, 0.25) is 5.02 Å². The Kier molecular flexibility index (Phi) is 3.95. The normalized spacial score (nSPS) is 11.9. The lowest BCUT2D eigenvalue weighted by molar-refractivity contribution is 0.0940. The smallest absolute Gasteiger partial charge is 0.251 e. The number of carbonyl (C=O) groups is 1. The van der Waals surface area contributed by atoms with E-state index in [1.165, 1.54) is 0 Å². The average molecular weight is 261 g/mol. The van der Waals surface area contributed by atoms with Gasteiger partial charge in [-0.1, -0.05) is 17.7 Å². The molecule has 92 valence electrons. The zero-order valence-electron chi connectivity index (χ0n) is 9.93. The van der Waals surface area contributed by atoms with Crippen LogP contribution >= 0.6 is 11.6 Å². The van der Waals surface area contributed by atoms with Crippen LogP contribution in [0, 0.1) is 0 Å². The monoisotopic (exact) mass is 260 g/mol. The van der Waals surface area contributed by atoms with Crippen LogP contribution in [0.15, 0.2) is 48.8 Å². The van der Waals surface area contributed by atoms with Gasteiger partial charge in [-0.15, -0.1) is 0 Å². The predicted octanol–water partition coefficient (Wildman–Crippen LogP) is 3.23. The topological polar surface area (TPSA) is 42.0 Å². The van der Waals surface area contributed by atoms with Crippen molar-refractivity contribution >= 4 is 17.5 Å². The third kappa shape index (κ3) is 3.08. The van der Waals surface area contributed by atoms with E-state index >= 15 is 0 Å². The summed E-state index contributed by atoms with van der Waals surface area (Å²) < 4.78 is 0. The number of nitrogens with one attached hydrogen (secondary N) is 1. The molecule has 4 heteroatoms. The van der Waals surface area contributed by atoms with E-state index in [2.05, 4.69) is 10.3 Å². The molecule has 0 saturated heterocycles. The minimum atomic E-state index is -0.137. The summed E-state index contributed by atoms with van der Waals surface area (Å²) in [6.07, 6.45) is 3.41. The summed E-state index contributed by atoms with van der Waals surface area (Å²) in [6.45, 7) is 1.93. The van der Waals surface area contributed by atoms with Gasteiger partial charge in [0.15, 0.2) is 0 Å². The summed E-state index contributed by atoms with van der Waals surface area (Å²) in [6, 6.07) is 10.6. The number of pyridine rings is 1. The molecule has 1 aromatic heterocycles. The first-order chi connectivity index (χ1) is 8.66. The molecule has 0 fully saturated rings. The van der Waals surface area contributed by atoms with Crippen LogP contribution in [0.25, 0.3) is 0 Å². The van der Waals surface area contributed by atoms with Gasteiger partial charge in [-0.05, 0) is 42.8 Å². The molecule has 0 aliphatic heterocycles. The van der Waals surface area contributed by atoms with E-state index in [9.17, 15) is 4.79 Å². The van der Waals surface area contributed by atoms with Crippen LogP contribution in [0.3, 0.4) is 0 Å². The van der Waals surface area contributed by atoms with Gasteiger partial charge < -0.3 is 5.32 Å². The molecule has 0 aliphatic rings. The molecule has 0 unspecified atom stereocenters. The van der Waals surface area contributed by atoms with Gasteiger partial charge in [-0.25, -0.2) is 0 Å². The maximum absolute atomic E-state index is 12.0. The average Bonchev–Trinajstić information content (AvgIpc) is 2.39. The third-order valence-electron chi connectivity index (χ3n) is 2.64. The lowest BCUT2D eigenvalue weighted by Gasteiger charge is -2.14. The lowest BCUT2D eigenvalue weighted by atomic mass is 10.1. The van der Waals surface area contributed by atoms with E-state index in [-0.39, 0.29) is 11.9 Å². The molecule has 2 rings (SSSR count). The van der Waals surface area contributed by atoms with Gasteiger partial charge in [-0.3, -0.25) is 9.78 Å². The van der Waals surface area contributed by atoms with Crippen LogP contribution < -0.4 is 5.32 Å². The number of halogens is 1. The fourth-order valence-corrected chi connectivity index (χ4v) is 1.84. The molecule has 1 aromatic carbocycles. The van der Waals surface area contributed by atoms with Crippen LogP contribution in [0.5, 0.6) is 0 Å². The Bertz CT molecular complexity index is 543. The zero-order chi connectivity index (χ0) is 13.0. The highest BCUT2D eigenvalue weighted by molar-refractivity contribution is 6.30. The standard InChI is InChI=1S/C14H13ClN2O/c1-10(11-5-7-16-8-6-11)17-14(18)12-3-2-4-13(15)9-12/h2-10H,1H3,(H,17,18)/t10-/m1/s1. The number of hydrogen-bond acceptors (Lipinski definition) is 2. The van der Waals surface area contributed by atoms with E-state index in [0.29, 0.717) is 10.6 Å². The summed E-state index contributed by atoms with van der Waals surface area (Å²) in [5.41, 5.74) is 1.57. The molecule has 1 N–H and O–H groups in total. The van der Waals surface area contributed by atoms with Crippen molar-refractivity contribution in [3.05, 3.63) is 64.9 Å². The van der Waals surface area contributed by atoms with E-state index in [0.717, 1.165) is 5.56 Å². The Morgan fingerprint density at radius 2 is 2.00 bits per heavy atom. The van der Waals surface area contributed by atoms with Gasteiger partial charge in [0.25, 0.3) is 5.91 Å². The minimum absolute atomic E-state index is 0.0699. The third-order valence-corrected chi connectivity index (χ3v) is 2.88. The van der Waals surface area contributed by atoms with Gasteiger partial charge in [0.1, 0.15) is 0 Å². The zero-order valence-corrected chi connectivity index (χ0v) is 10.7. The molecule has 1 amide bonds. The first-order valence-corrected chi connectivity index (χ1v) is 6.01. The molecular formula is C14H13ClN2O. The molecule has 2 aromatic rings. The van der Waals surface area contributed by atoms with E-state index < -0.39 is 0 Å². The number of carbonyl (C=O) groups excluding carboxylic acids is 1. The van der Waals surface area contributed by atoms with Gasteiger partial charge in [0.05, 0.1) is 6.04 Å². The lowest BCUT2D eigenvalue weighted by Crippen LogP contribution is -2.26. The van der Waals surface area contributed by atoms with Crippen molar-refractivity contribution in [3.8, 4) is 0 Å². The molecule has 0 saturated carbocycles. The van der Waals surface area contributed by atoms with Crippen molar-refractivity contribution in [1.29, 1.82) is 0 Å². The Morgan fingerprint density at radius 3 is 2.67 bits per heavy atom. The first-order valence-electron chi connectivity index (χ1n) is 5.63. The second-order valence-corrected chi connectivity index (χ2v) is 4.42. The number of aromatic nitrogens is 1. The van der Waals surface area contributed by atoms with Crippen LogP contribution in [-0.2, 0) is 0 Å². The van der Waals surface area contributed by atoms with Crippen molar-refractivity contribution in [3.63, 3.8) is 0 Å². The minimum Gasteiger partial charge on any atom is -0.346 e.